The summed E-state index contributed by atoms with van der Waals surface area (Å²) in [6.45, 7) is 2.30. The maximum absolute atomic E-state index is 6.22. The fourth-order valence-electron chi connectivity index (χ4n) is 3.69. The zero-order chi connectivity index (χ0) is 12.8. The SMILES string of the molecule is CCCC1CCC(N=C(N)C2CCCCC2)CC1. The molecule has 2 aliphatic rings. The average molecular weight is 250 g/mol. The van der Waals surface area contributed by atoms with Crippen LogP contribution in [0.1, 0.15) is 77.6 Å². The Morgan fingerprint density at radius 2 is 1.67 bits per heavy atom. The summed E-state index contributed by atoms with van der Waals surface area (Å²) < 4.78 is 0. The molecule has 2 saturated carbocycles. The summed E-state index contributed by atoms with van der Waals surface area (Å²) in [5.74, 6) is 2.55. The van der Waals surface area contributed by atoms with Crippen LogP contribution in [-0.2, 0) is 0 Å². The van der Waals surface area contributed by atoms with Crippen molar-refractivity contribution in [2.45, 2.75) is 83.6 Å². The Morgan fingerprint density at radius 1 is 1.00 bits per heavy atom. The molecule has 0 aromatic heterocycles. The largest absolute Gasteiger partial charge is 0.387 e. The summed E-state index contributed by atoms with van der Waals surface area (Å²) in [7, 11) is 0. The van der Waals surface area contributed by atoms with Crippen LogP contribution in [0.5, 0.6) is 0 Å². The minimum absolute atomic E-state index is 0.542. The number of aliphatic imine (C=N–C) groups is 1. The molecule has 18 heavy (non-hydrogen) atoms. The van der Waals surface area contributed by atoms with Crippen molar-refractivity contribution >= 4 is 5.84 Å². The molecule has 104 valence electrons. The lowest BCUT2D eigenvalue weighted by molar-refractivity contribution is 0.308. The Hall–Kier alpha value is -0.530. The van der Waals surface area contributed by atoms with E-state index in [0.717, 1.165) is 11.8 Å². The minimum Gasteiger partial charge on any atom is -0.387 e. The summed E-state index contributed by atoms with van der Waals surface area (Å²) in [6.07, 6.45) is 14.7. The molecule has 2 N–H and O–H groups in total. The van der Waals surface area contributed by atoms with E-state index < -0.39 is 0 Å². The first kappa shape index (κ1) is 13.9. The summed E-state index contributed by atoms with van der Waals surface area (Å²) in [5, 5.41) is 0. The van der Waals surface area contributed by atoms with Crippen LogP contribution >= 0.6 is 0 Å². The van der Waals surface area contributed by atoms with E-state index in [0.29, 0.717) is 12.0 Å². The van der Waals surface area contributed by atoms with Gasteiger partial charge in [0.05, 0.1) is 11.9 Å². The molecule has 2 rings (SSSR count). The molecule has 0 amide bonds. The van der Waals surface area contributed by atoms with Gasteiger partial charge < -0.3 is 5.73 Å². The highest BCUT2D eigenvalue weighted by Gasteiger charge is 2.22. The van der Waals surface area contributed by atoms with Gasteiger partial charge in [0.25, 0.3) is 0 Å². The van der Waals surface area contributed by atoms with E-state index in [1.165, 1.54) is 70.6 Å². The van der Waals surface area contributed by atoms with Crippen LogP contribution in [0.4, 0.5) is 0 Å². The molecule has 0 aromatic carbocycles. The Kier molecular flexibility index (Phi) is 5.52. The van der Waals surface area contributed by atoms with Gasteiger partial charge in [-0.15, -0.1) is 0 Å². The normalized spacial score (nSPS) is 31.5. The molecular weight excluding hydrogens is 220 g/mol. The van der Waals surface area contributed by atoms with Crippen LogP contribution in [0.25, 0.3) is 0 Å². The Morgan fingerprint density at radius 3 is 2.28 bits per heavy atom. The minimum atomic E-state index is 0.542. The predicted molar refractivity (Wildman–Crippen MR) is 78.9 cm³/mol. The number of nitrogens with zero attached hydrogens (tertiary/aromatic N) is 1. The number of nitrogens with two attached hydrogens (primary N) is 1. The molecule has 0 radical (unpaired) electrons. The van der Waals surface area contributed by atoms with Crippen molar-refractivity contribution in [3.8, 4) is 0 Å². The van der Waals surface area contributed by atoms with Crippen molar-refractivity contribution in [2.24, 2.45) is 22.6 Å². The molecule has 0 aromatic rings. The van der Waals surface area contributed by atoms with Crippen LogP contribution in [0.15, 0.2) is 4.99 Å². The lowest BCUT2D eigenvalue weighted by Gasteiger charge is -2.28. The maximum Gasteiger partial charge on any atom is 0.0971 e. The van der Waals surface area contributed by atoms with Crippen LogP contribution in [0.3, 0.4) is 0 Å². The van der Waals surface area contributed by atoms with Crippen molar-refractivity contribution in [1.82, 2.24) is 0 Å². The van der Waals surface area contributed by atoms with Crippen LogP contribution < -0.4 is 5.73 Å². The van der Waals surface area contributed by atoms with Crippen LogP contribution in [-0.4, -0.2) is 11.9 Å². The van der Waals surface area contributed by atoms with Crippen molar-refractivity contribution in [2.75, 3.05) is 0 Å². The Labute approximate surface area is 112 Å². The molecule has 2 heteroatoms. The quantitative estimate of drug-likeness (QED) is 0.587. The van der Waals surface area contributed by atoms with Gasteiger partial charge >= 0.3 is 0 Å². The number of amidine groups is 1. The number of hydrogen-bond acceptors (Lipinski definition) is 1. The van der Waals surface area contributed by atoms with Crippen molar-refractivity contribution in [3.63, 3.8) is 0 Å². The second-order valence-electron chi connectivity index (χ2n) is 6.35. The van der Waals surface area contributed by atoms with Crippen LogP contribution in [0.2, 0.25) is 0 Å². The average Bonchev–Trinajstić information content (AvgIpc) is 2.42. The Balaban J connectivity index is 1.78. The van der Waals surface area contributed by atoms with Gasteiger partial charge in [0.1, 0.15) is 0 Å². The molecule has 0 bridgehead atoms. The van der Waals surface area contributed by atoms with E-state index in [9.17, 15) is 0 Å². The number of hydrogen-bond donors (Lipinski definition) is 1. The lowest BCUT2D eigenvalue weighted by atomic mass is 9.83. The van der Waals surface area contributed by atoms with Crippen LogP contribution in [0, 0.1) is 11.8 Å². The van der Waals surface area contributed by atoms with Gasteiger partial charge in [-0.05, 0) is 44.4 Å². The summed E-state index contributed by atoms with van der Waals surface area (Å²) in [4.78, 5) is 4.85. The molecule has 0 atom stereocenters. The molecule has 2 fully saturated rings. The monoisotopic (exact) mass is 250 g/mol. The van der Waals surface area contributed by atoms with Crippen molar-refractivity contribution in [1.29, 1.82) is 0 Å². The summed E-state index contributed by atoms with van der Waals surface area (Å²) >= 11 is 0. The summed E-state index contributed by atoms with van der Waals surface area (Å²) in [5.41, 5.74) is 6.22. The number of rotatable bonds is 4. The molecule has 0 spiro atoms. The van der Waals surface area contributed by atoms with Gasteiger partial charge in [0.15, 0.2) is 0 Å². The molecular formula is C16H30N2. The topological polar surface area (TPSA) is 38.4 Å². The molecule has 0 unspecified atom stereocenters. The van der Waals surface area contributed by atoms with E-state index in [1.54, 1.807) is 0 Å². The van der Waals surface area contributed by atoms with Gasteiger partial charge in [-0.2, -0.15) is 0 Å². The highest BCUT2D eigenvalue weighted by atomic mass is 14.9. The third kappa shape index (κ3) is 4.00. The highest BCUT2D eigenvalue weighted by molar-refractivity contribution is 5.83. The predicted octanol–water partition coefficient (Wildman–Crippen LogP) is 4.28. The zero-order valence-corrected chi connectivity index (χ0v) is 12.0. The van der Waals surface area contributed by atoms with Gasteiger partial charge in [0, 0.05) is 5.92 Å². The highest BCUT2D eigenvalue weighted by Crippen LogP contribution is 2.30. The first-order valence-corrected chi connectivity index (χ1v) is 8.12. The van der Waals surface area contributed by atoms with Gasteiger partial charge in [0.2, 0.25) is 0 Å². The molecule has 2 aliphatic carbocycles. The smallest absolute Gasteiger partial charge is 0.0971 e. The van der Waals surface area contributed by atoms with Gasteiger partial charge in [-0.1, -0.05) is 39.0 Å². The molecule has 0 heterocycles. The molecule has 0 aliphatic heterocycles. The van der Waals surface area contributed by atoms with E-state index in [1.807, 2.05) is 0 Å². The van der Waals surface area contributed by atoms with Crippen molar-refractivity contribution < 1.29 is 0 Å². The summed E-state index contributed by atoms with van der Waals surface area (Å²) in [6, 6.07) is 0.542. The lowest BCUT2D eigenvalue weighted by Crippen LogP contribution is -2.29. The van der Waals surface area contributed by atoms with E-state index in [-0.39, 0.29) is 0 Å². The standard InChI is InChI=1S/C16H30N2/c1-2-6-13-9-11-15(12-10-13)18-16(17)14-7-4-3-5-8-14/h13-15H,2-12H2,1H3,(H2,17,18). The van der Waals surface area contributed by atoms with Gasteiger partial charge in [-0.25, -0.2) is 0 Å². The third-order valence-electron chi connectivity index (χ3n) is 4.87. The third-order valence-corrected chi connectivity index (χ3v) is 4.87. The van der Waals surface area contributed by atoms with Gasteiger partial charge in [-0.3, -0.25) is 4.99 Å². The second kappa shape index (κ2) is 7.16. The second-order valence-corrected chi connectivity index (χ2v) is 6.35. The van der Waals surface area contributed by atoms with E-state index in [4.69, 9.17) is 10.7 Å². The van der Waals surface area contributed by atoms with Crippen molar-refractivity contribution in [3.05, 3.63) is 0 Å². The molecule has 0 saturated heterocycles. The molecule has 2 nitrogen and oxygen atoms in total. The van der Waals surface area contributed by atoms with E-state index in [2.05, 4.69) is 6.92 Å². The first-order chi connectivity index (χ1) is 8.79. The van der Waals surface area contributed by atoms with E-state index >= 15 is 0 Å². The Bertz CT molecular complexity index is 258. The fraction of sp³-hybridized carbons (Fsp3) is 0.938. The fourth-order valence-corrected chi connectivity index (χ4v) is 3.69. The first-order valence-electron chi connectivity index (χ1n) is 8.12. The zero-order valence-electron chi connectivity index (χ0n) is 12.0. The maximum atomic E-state index is 6.22.